The van der Waals surface area contributed by atoms with Crippen LogP contribution in [0.2, 0.25) is 5.02 Å². The first-order chi connectivity index (χ1) is 9.49. The summed E-state index contributed by atoms with van der Waals surface area (Å²) < 4.78 is 0. The number of anilines is 1. The Kier molecular flexibility index (Phi) is 4.62. The van der Waals surface area contributed by atoms with Crippen LogP contribution in [-0.2, 0) is 6.54 Å². The highest BCUT2D eigenvalue weighted by atomic mass is 35.5. The molecule has 2 amide bonds. The van der Waals surface area contributed by atoms with Gasteiger partial charge < -0.3 is 5.73 Å². The number of hydrogen-bond acceptors (Lipinski definition) is 3. The fraction of sp³-hybridized carbons (Fsp3) is 0.286. The monoisotopic (exact) mass is 309 g/mol. The Morgan fingerprint density at radius 2 is 2.15 bits per heavy atom. The van der Waals surface area contributed by atoms with Crippen molar-refractivity contribution in [1.29, 1.82) is 0 Å². The smallest absolute Gasteiger partial charge is 0.321 e. The van der Waals surface area contributed by atoms with Crippen LogP contribution in [0.15, 0.2) is 30.5 Å². The number of aromatic nitrogens is 1. The number of primary amides is 1. The Bertz CT molecular complexity index is 612. The molecule has 1 aromatic heterocycles. The van der Waals surface area contributed by atoms with Crippen molar-refractivity contribution in [3.63, 3.8) is 0 Å². The van der Waals surface area contributed by atoms with Gasteiger partial charge in [0.1, 0.15) is 0 Å². The van der Waals surface area contributed by atoms with E-state index in [0.717, 1.165) is 10.4 Å². The van der Waals surface area contributed by atoms with E-state index in [1.165, 1.54) is 16.2 Å². The number of urea groups is 1. The summed E-state index contributed by atoms with van der Waals surface area (Å²) in [7, 11) is 0. The molecule has 106 valence electrons. The Morgan fingerprint density at radius 1 is 1.45 bits per heavy atom. The van der Waals surface area contributed by atoms with E-state index in [4.69, 9.17) is 17.3 Å². The van der Waals surface area contributed by atoms with Crippen LogP contribution in [0.25, 0.3) is 0 Å². The largest absolute Gasteiger partial charge is 0.351 e. The lowest BCUT2D eigenvalue weighted by molar-refractivity contribution is 0.253. The zero-order valence-corrected chi connectivity index (χ0v) is 12.9. The topological polar surface area (TPSA) is 59.2 Å². The minimum absolute atomic E-state index is 0.319. The number of carbonyl (C=O) groups is 1. The molecule has 0 aliphatic carbocycles. The minimum Gasteiger partial charge on any atom is -0.351 e. The van der Waals surface area contributed by atoms with Gasteiger partial charge in [-0.1, -0.05) is 43.6 Å². The number of benzene rings is 1. The van der Waals surface area contributed by atoms with Gasteiger partial charge in [0.25, 0.3) is 0 Å². The predicted octanol–water partition coefficient (Wildman–Crippen LogP) is 4.01. The maximum absolute atomic E-state index is 11.7. The molecule has 20 heavy (non-hydrogen) atoms. The first-order valence-electron chi connectivity index (χ1n) is 6.25. The highest BCUT2D eigenvalue weighted by Crippen LogP contribution is 2.29. The number of carbonyl (C=O) groups excluding carboxylic acids is 1. The van der Waals surface area contributed by atoms with Gasteiger partial charge in [-0.2, -0.15) is 0 Å². The van der Waals surface area contributed by atoms with Crippen molar-refractivity contribution in [2.45, 2.75) is 26.3 Å². The fourth-order valence-corrected chi connectivity index (χ4v) is 2.82. The summed E-state index contributed by atoms with van der Waals surface area (Å²) in [6.07, 6.45) is 1.78. The van der Waals surface area contributed by atoms with Crippen LogP contribution >= 0.6 is 22.9 Å². The quantitative estimate of drug-likeness (QED) is 0.927. The van der Waals surface area contributed by atoms with Crippen molar-refractivity contribution in [2.75, 3.05) is 4.90 Å². The van der Waals surface area contributed by atoms with Crippen LogP contribution in [0.1, 0.15) is 30.2 Å². The highest BCUT2D eigenvalue weighted by molar-refractivity contribution is 7.15. The van der Waals surface area contributed by atoms with Gasteiger partial charge in [0.15, 0.2) is 5.13 Å². The molecular formula is C14H16ClN3OS. The van der Waals surface area contributed by atoms with Crippen molar-refractivity contribution in [3.8, 4) is 0 Å². The lowest BCUT2D eigenvalue weighted by atomic mass is 10.2. The summed E-state index contributed by atoms with van der Waals surface area (Å²) in [5.74, 6) is 0.372. The van der Waals surface area contributed by atoms with E-state index < -0.39 is 6.03 Å². The van der Waals surface area contributed by atoms with E-state index in [9.17, 15) is 4.79 Å². The number of nitrogens with two attached hydrogens (primary N) is 1. The Hall–Kier alpha value is -1.59. The second-order valence-electron chi connectivity index (χ2n) is 4.72. The average Bonchev–Trinajstić information content (AvgIpc) is 2.87. The molecule has 0 saturated heterocycles. The van der Waals surface area contributed by atoms with Gasteiger partial charge in [-0.3, -0.25) is 4.90 Å². The van der Waals surface area contributed by atoms with Crippen LogP contribution in [0.3, 0.4) is 0 Å². The van der Waals surface area contributed by atoms with Crippen molar-refractivity contribution in [1.82, 2.24) is 4.98 Å². The second-order valence-corrected chi connectivity index (χ2v) is 6.16. The number of halogens is 1. The number of amides is 2. The van der Waals surface area contributed by atoms with Gasteiger partial charge in [0.05, 0.1) is 6.54 Å². The molecular weight excluding hydrogens is 294 g/mol. The molecule has 0 aliphatic rings. The second kappa shape index (κ2) is 6.24. The van der Waals surface area contributed by atoms with Gasteiger partial charge in [-0.05, 0) is 17.5 Å². The average molecular weight is 310 g/mol. The molecule has 1 aromatic carbocycles. The van der Waals surface area contributed by atoms with Gasteiger partial charge in [-0.15, -0.1) is 11.3 Å². The first kappa shape index (κ1) is 14.8. The molecule has 0 unspecified atom stereocenters. The van der Waals surface area contributed by atoms with Crippen LogP contribution in [0.5, 0.6) is 0 Å². The Labute approximate surface area is 127 Å². The summed E-state index contributed by atoms with van der Waals surface area (Å²) in [6.45, 7) is 4.49. The molecule has 1 heterocycles. The Morgan fingerprint density at radius 3 is 2.70 bits per heavy atom. The molecule has 2 aromatic rings. The van der Waals surface area contributed by atoms with E-state index in [1.807, 2.05) is 18.2 Å². The van der Waals surface area contributed by atoms with E-state index in [0.29, 0.717) is 22.6 Å². The summed E-state index contributed by atoms with van der Waals surface area (Å²) in [5, 5.41) is 1.21. The van der Waals surface area contributed by atoms with E-state index in [-0.39, 0.29) is 0 Å². The van der Waals surface area contributed by atoms with Crippen molar-refractivity contribution < 1.29 is 4.79 Å². The van der Waals surface area contributed by atoms with E-state index in [1.54, 1.807) is 12.3 Å². The zero-order chi connectivity index (χ0) is 14.7. The number of hydrogen-bond donors (Lipinski definition) is 1. The minimum atomic E-state index is -0.533. The van der Waals surface area contributed by atoms with Crippen LogP contribution in [0.4, 0.5) is 9.93 Å². The molecule has 0 saturated carbocycles. The fourth-order valence-electron chi connectivity index (χ4n) is 1.71. The van der Waals surface area contributed by atoms with Gasteiger partial charge in [-0.25, -0.2) is 9.78 Å². The molecule has 0 fully saturated rings. The lowest BCUT2D eigenvalue weighted by Gasteiger charge is -2.18. The molecule has 0 bridgehead atoms. The van der Waals surface area contributed by atoms with Crippen molar-refractivity contribution in [2.24, 2.45) is 5.73 Å². The molecule has 4 nitrogen and oxygen atoms in total. The number of nitrogens with zero attached hydrogens (tertiary/aromatic N) is 2. The van der Waals surface area contributed by atoms with E-state index in [2.05, 4.69) is 18.8 Å². The summed E-state index contributed by atoms with van der Waals surface area (Å²) in [5.41, 5.74) is 6.30. The molecule has 6 heteroatoms. The first-order valence-corrected chi connectivity index (χ1v) is 7.44. The third-order valence-corrected chi connectivity index (χ3v) is 4.55. The maximum atomic E-state index is 11.7. The zero-order valence-electron chi connectivity index (χ0n) is 11.3. The van der Waals surface area contributed by atoms with Crippen LogP contribution in [0, 0.1) is 0 Å². The highest BCUT2D eigenvalue weighted by Gasteiger charge is 2.18. The van der Waals surface area contributed by atoms with Gasteiger partial charge in [0.2, 0.25) is 0 Å². The Balaban J connectivity index is 2.27. The third kappa shape index (κ3) is 3.29. The van der Waals surface area contributed by atoms with Crippen LogP contribution in [-0.4, -0.2) is 11.0 Å². The third-order valence-electron chi connectivity index (χ3n) is 2.86. The standard InChI is InChI=1S/C14H16ClN3OS/c1-9(2)12-7-17-14(20-12)18(13(16)19)8-10-5-3-4-6-11(10)15/h3-7,9H,8H2,1-2H3,(H2,16,19). The van der Waals surface area contributed by atoms with Crippen molar-refractivity contribution in [3.05, 3.63) is 45.9 Å². The van der Waals surface area contributed by atoms with Crippen molar-refractivity contribution >= 4 is 34.1 Å². The number of thiazole rings is 1. The normalized spacial score (nSPS) is 10.8. The molecule has 0 spiro atoms. The summed E-state index contributed by atoms with van der Waals surface area (Å²) in [4.78, 5) is 18.5. The molecule has 0 atom stereocenters. The SMILES string of the molecule is CC(C)c1cnc(N(Cc2ccccc2Cl)C(N)=O)s1. The molecule has 0 radical (unpaired) electrons. The van der Waals surface area contributed by atoms with Gasteiger partial charge >= 0.3 is 6.03 Å². The van der Waals surface area contributed by atoms with Crippen LogP contribution < -0.4 is 10.6 Å². The summed E-state index contributed by atoms with van der Waals surface area (Å²) in [6, 6.07) is 6.85. The lowest BCUT2D eigenvalue weighted by Crippen LogP contribution is -2.35. The molecule has 2 rings (SSSR count). The molecule has 0 aliphatic heterocycles. The summed E-state index contributed by atoms with van der Waals surface area (Å²) >= 11 is 7.59. The van der Waals surface area contributed by atoms with E-state index >= 15 is 0 Å². The number of rotatable bonds is 4. The predicted molar refractivity (Wildman–Crippen MR) is 83.4 cm³/mol. The maximum Gasteiger partial charge on any atom is 0.321 e. The molecule has 2 N–H and O–H groups in total. The van der Waals surface area contributed by atoms with Gasteiger partial charge in [0, 0.05) is 16.1 Å².